The Hall–Kier alpha value is -1.28. The average molecular weight is 438 g/mol. The number of carbonyl (C=O) groups is 1. The van der Waals surface area contributed by atoms with Crippen molar-refractivity contribution in [2.75, 3.05) is 19.7 Å². The van der Waals surface area contributed by atoms with Crippen molar-refractivity contribution in [2.45, 2.75) is 77.8 Å². The molecule has 0 aliphatic carbocycles. The van der Waals surface area contributed by atoms with Crippen LogP contribution in [0.1, 0.15) is 54.0 Å². The molecule has 2 saturated heterocycles. The highest BCUT2D eigenvalue weighted by molar-refractivity contribution is 6.66. The quantitative estimate of drug-likeness (QED) is 0.673. The largest absolute Gasteiger partial charge is 0.496 e. The maximum atomic E-state index is 12.5. The summed E-state index contributed by atoms with van der Waals surface area (Å²) in [4.78, 5) is 14.2. The number of hydrogen-bond donors (Lipinski definition) is 0. The maximum Gasteiger partial charge on any atom is 0.496 e. The summed E-state index contributed by atoms with van der Waals surface area (Å²) in [7, 11) is -0.552. The van der Waals surface area contributed by atoms with Gasteiger partial charge in [0.2, 0.25) is 0 Å². The van der Waals surface area contributed by atoms with E-state index in [1.54, 1.807) is 4.90 Å². The van der Waals surface area contributed by atoms with Gasteiger partial charge in [0.05, 0.1) is 30.5 Å². The standard InChI is InChI=1S/C22H33BClNO5/c1-20(2,3)28-19(26)25-11-12-27-16(14-25)13-15-9-8-10-17(24)18(15)23-29-21(4,5)22(6,7)30-23/h8-10,16H,11-14H2,1-7H3. The molecule has 0 saturated carbocycles. The average Bonchev–Trinajstić information content (AvgIpc) is 2.81. The van der Waals surface area contributed by atoms with Crippen LogP contribution < -0.4 is 5.46 Å². The highest BCUT2D eigenvalue weighted by Crippen LogP contribution is 2.37. The number of hydrogen-bond acceptors (Lipinski definition) is 5. The predicted molar refractivity (Wildman–Crippen MR) is 118 cm³/mol. The van der Waals surface area contributed by atoms with E-state index in [2.05, 4.69) is 0 Å². The highest BCUT2D eigenvalue weighted by Gasteiger charge is 2.52. The van der Waals surface area contributed by atoms with Crippen molar-refractivity contribution in [2.24, 2.45) is 0 Å². The van der Waals surface area contributed by atoms with Crippen LogP contribution >= 0.6 is 11.6 Å². The molecule has 2 aliphatic rings. The summed E-state index contributed by atoms with van der Waals surface area (Å²) in [5.41, 5.74) is 0.390. The molecule has 1 unspecified atom stereocenters. The van der Waals surface area contributed by atoms with E-state index in [0.29, 0.717) is 31.1 Å². The Balaban J connectivity index is 1.76. The van der Waals surface area contributed by atoms with Gasteiger partial charge in [-0.1, -0.05) is 23.7 Å². The number of rotatable bonds is 3. The Morgan fingerprint density at radius 3 is 2.47 bits per heavy atom. The Morgan fingerprint density at radius 1 is 1.23 bits per heavy atom. The smallest absolute Gasteiger partial charge is 0.444 e. The van der Waals surface area contributed by atoms with E-state index in [1.165, 1.54) is 0 Å². The number of amides is 1. The molecule has 8 heteroatoms. The molecule has 1 amide bonds. The van der Waals surface area contributed by atoms with Gasteiger partial charge in [-0.25, -0.2) is 4.79 Å². The van der Waals surface area contributed by atoms with Crippen molar-refractivity contribution >= 4 is 30.3 Å². The Kier molecular flexibility index (Phi) is 6.50. The van der Waals surface area contributed by atoms with Crippen LogP contribution in [-0.4, -0.2) is 60.7 Å². The fourth-order valence-electron chi connectivity index (χ4n) is 3.56. The molecular formula is C22H33BClNO5. The molecule has 30 heavy (non-hydrogen) atoms. The molecule has 0 aromatic heterocycles. The van der Waals surface area contributed by atoms with Gasteiger partial charge in [-0.3, -0.25) is 0 Å². The minimum Gasteiger partial charge on any atom is -0.444 e. The van der Waals surface area contributed by atoms with Crippen LogP contribution in [0.4, 0.5) is 4.79 Å². The fourth-order valence-corrected chi connectivity index (χ4v) is 3.85. The minimum atomic E-state index is -0.552. The van der Waals surface area contributed by atoms with E-state index in [0.717, 1.165) is 11.0 Å². The van der Waals surface area contributed by atoms with Crippen molar-refractivity contribution < 1.29 is 23.6 Å². The van der Waals surface area contributed by atoms with Crippen molar-refractivity contribution in [1.82, 2.24) is 4.90 Å². The molecule has 2 fully saturated rings. The lowest BCUT2D eigenvalue weighted by molar-refractivity contribution is -0.0414. The molecule has 1 atom stereocenters. The molecule has 2 aliphatic heterocycles. The third-order valence-corrected chi connectivity index (χ3v) is 6.20. The molecule has 6 nitrogen and oxygen atoms in total. The lowest BCUT2D eigenvalue weighted by atomic mass is 9.74. The van der Waals surface area contributed by atoms with Crippen LogP contribution in [0.5, 0.6) is 0 Å². The predicted octanol–water partition coefficient (Wildman–Crippen LogP) is 3.82. The molecule has 0 radical (unpaired) electrons. The van der Waals surface area contributed by atoms with Crippen molar-refractivity contribution in [3.63, 3.8) is 0 Å². The van der Waals surface area contributed by atoms with Gasteiger partial charge in [0.25, 0.3) is 0 Å². The van der Waals surface area contributed by atoms with Crippen LogP contribution in [0.3, 0.4) is 0 Å². The highest BCUT2D eigenvalue weighted by atomic mass is 35.5. The van der Waals surface area contributed by atoms with E-state index in [9.17, 15) is 4.79 Å². The van der Waals surface area contributed by atoms with Gasteiger partial charge in [-0.05, 0) is 60.1 Å². The number of morpholine rings is 1. The number of nitrogens with zero attached hydrogens (tertiary/aromatic N) is 1. The molecule has 2 heterocycles. The number of carbonyl (C=O) groups excluding carboxylic acids is 1. The topological polar surface area (TPSA) is 57.2 Å². The summed E-state index contributed by atoms with van der Waals surface area (Å²) in [6.45, 7) is 15.1. The molecule has 166 valence electrons. The maximum absolute atomic E-state index is 12.5. The summed E-state index contributed by atoms with van der Waals surface area (Å²) in [6.07, 6.45) is 0.123. The van der Waals surface area contributed by atoms with Crippen molar-refractivity contribution in [3.8, 4) is 0 Å². The first-order chi connectivity index (χ1) is 13.8. The number of halogens is 1. The normalized spacial score (nSPS) is 23.5. The minimum absolute atomic E-state index is 0.161. The zero-order valence-electron chi connectivity index (χ0n) is 19.1. The van der Waals surface area contributed by atoms with Crippen LogP contribution in [0, 0.1) is 0 Å². The second kappa shape index (κ2) is 8.34. The van der Waals surface area contributed by atoms with Gasteiger partial charge >= 0.3 is 13.2 Å². The lowest BCUT2D eigenvalue weighted by Crippen LogP contribution is -2.48. The molecule has 0 bridgehead atoms. The molecule has 1 aromatic rings. The lowest BCUT2D eigenvalue weighted by Gasteiger charge is -2.34. The van der Waals surface area contributed by atoms with E-state index in [-0.39, 0.29) is 12.2 Å². The van der Waals surface area contributed by atoms with Crippen LogP contribution in [-0.2, 0) is 25.2 Å². The summed E-state index contributed by atoms with van der Waals surface area (Å²) < 4.78 is 24.0. The zero-order valence-corrected chi connectivity index (χ0v) is 19.8. The summed E-state index contributed by atoms with van der Waals surface area (Å²) in [6, 6.07) is 5.78. The summed E-state index contributed by atoms with van der Waals surface area (Å²) in [5, 5.41) is 0.603. The van der Waals surface area contributed by atoms with Crippen LogP contribution in [0.25, 0.3) is 0 Å². The molecule has 3 rings (SSSR count). The second-order valence-corrected chi connectivity index (χ2v) is 10.4. The Morgan fingerprint density at radius 2 is 1.87 bits per heavy atom. The monoisotopic (exact) mass is 437 g/mol. The fraction of sp³-hybridized carbons (Fsp3) is 0.682. The summed E-state index contributed by atoms with van der Waals surface area (Å²) in [5.74, 6) is 0. The van der Waals surface area contributed by atoms with Gasteiger partial charge in [-0.15, -0.1) is 0 Å². The van der Waals surface area contributed by atoms with Gasteiger partial charge in [0, 0.05) is 23.5 Å². The van der Waals surface area contributed by atoms with E-state index >= 15 is 0 Å². The number of ether oxygens (including phenoxy) is 2. The molecule has 0 spiro atoms. The second-order valence-electron chi connectivity index (χ2n) is 10.0. The Bertz CT molecular complexity index is 776. The zero-order chi connectivity index (χ0) is 22.3. The van der Waals surface area contributed by atoms with E-state index in [1.807, 2.05) is 66.7 Å². The van der Waals surface area contributed by atoms with Gasteiger partial charge < -0.3 is 23.7 Å². The SMILES string of the molecule is CC(C)(C)OC(=O)N1CCOC(Cc2cccc(Cl)c2B2OC(C)(C)C(C)(C)O2)C1. The van der Waals surface area contributed by atoms with E-state index < -0.39 is 23.9 Å². The third kappa shape index (κ3) is 5.13. The van der Waals surface area contributed by atoms with Crippen molar-refractivity contribution in [3.05, 3.63) is 28.8 Å². The third-order valence-electron chi connectivity index (χ3n) is 5.87. The number of benzene rings is 1. The first kappa shape index (κ1) is 23.4. The first-order valence-corrected chi connectivity index (χ1v) is 10.9. The molecular weight excluding hydrogens is 405 g/mol. The van der Waals surface area contributed by atoms with Gasteiger partial charge in [0.15, 0.2) is 0 Å². The van der Waals surface area contributed by atoms with Gasteiger partial charge in [-0.2, -0.15) is 0 Å². The van der Waals surface area contributed by atoms with Gasteiger partial charge in [0.1, 0.15) is 5.60 Å². The first-order valence-electron chi connectivity index (χ1n) is 10.5. The van der Waals surface area contributed by atoms with Crippen LogP contribution in [0.15, 0.2) is 18.2 Å². The Labute approximate surface area is 185 Å². The molecule has 0 N–H and O–H groups in total. The van der Waals surface area contributed by atoms with E-state index in [4.69, 9.17) is 30.4 Å². The molecule has 1 aromatic carbocycles. The van der Waals surface area contributed by atoms with Crippen LogP contribution in [0.2, 0.25) is 5.02 Å². The summed E-state index contributed by atoms with van der Waals surface area (Å²) >= 11 is 6.58. The van der Waals surface area contributed by atoms with Crippen molar-refractivity contribution in [1.29, 1.82) is 0 Å².